The lowest BCUT2D eigenvalue weighted by atomic mass is 10.0. The fraction of sp³-hybridized carbons (Fsp3) is 0.368. The van der Waals surface area contributed by atoms with Gasteiger partial charge >= 0.3 is 5.97 Å². The van der Waals surface area contributed by atoms with Crippen LogP contribution < -0.4 is 27.0 Å². The number of aromatic nitrogens is 4. The number of nitrogens with two attached hydrogens (primary N) is 1. The van der Waals surface area contributed by atoms with E-state index in [1.54, 1.807) is 42.5 Å². The number of aliphatic carboxylic acids is 1. The molecular weight excluding hydrogens is 724 g/mol. The smallest absolute Gasteiger partial charge is 0.326 e. The van der Waals surface area contributed by atoms with E-state index in [1.807, 2.05) is 0 Å². The maximum atomic E-state index is 14.1. The van der Waals surface area contributed by atoms with Gasteiger partial charge in [-0.3, -0.25) is 24.0 Å². The summed E-state index contributed by atoms with van der Waals surface area (Å²) in [5, 5.41) is 30.2. The molecule has 0 spiro atoms. The fourth-order valence-corrected chi connectivity index (χ4v) is 6.40. The van der Waals surface area contributed by atoms with Gasteiger partial charge in [0, 0.05) is 56.0 Å². The van der Waals surface area contributed by atoms with Gasteiger partial charge in [0.15, 0.2) is 0 Å². The fourth-order valence-electron chi connectivity index (χ4n) is 6.40. The summed E-state index contributed by atoms with van der Waals surface area (Å²) in [6.45, 7) is 1.61. The summed E-state index contributed by atoms with van der Waals surface area (Å²) in [5.74, 6) is -4.48. The van der Waals surface area contributed by atoms with Gasteiger partial charge in [0.25, 0.3) is 0 Å². The van der Waals surface area contributed by atoms with Crippen molar-refractivity contribution in [3.8, 4) is 5.75 Å². The second kappa shape index (κ2) is 19.2. The van der Waals surface area contributed by atoms with Crippen LogP contribution in [0.3, 0.4) is 0 Å². The molecule has 1 saturated heterocycles. The Morgan fingerprint density at radius 2 is 1.38 bits per heavy atom. The zero-order valence-electron chi connectivity index (χ0n) is 30.7. The number of benzene rings is 2. The summed E-state index contributed by atoms with van der Waals surface area (Å²) < 4.78 is 0. The number of hydrogen-bond acceptors (Lipinski definition) is 10. The quantitative estimate of drug-likeness (QED) is 0.0620. The van der Waals surface area contributed by atoms with Crippen LogP contribution in [-0.4, -0.2) is 113 Å². The number of rotatable bonds is 18. The molecule has 0 saturated carbocycles. The van der Waals surface area contributed by atoms with E-state index in [1.165, 1.54) is 49.0 Å². The Bertz CT molecular complexity index is 1940. The van der Waals surface area contributed by atoms with Gasteiger partial charge in [0.05, 0.1) is 18.7 Å². The second-order valence-corrected chi connectivity index (χ2v) is 13.7. The molecule has 0 radical (unpaired) electrons. The van der Waals surface area contributed by atoms with E-state index in [4.69, 9.17) is 5.73 Å². The number of H-pyrrole nitrogens is 2. The minimum atomic E-state index is -1.23. The minimum Gasteiger partial charge on any atom is -0.508 e. The lowest BCUT2D eigenvalue weighted by molar-refractivity contribution is -0.145. The van der Waals surface area contributed by atoms with E-state index < -0.39 is 71.8 Å². The molecule has 18 heteroatoms. The molecule has 1 aliphatic heterocycles. The molecule has 0 aliphatic carbocycles. The average Bonchev–Trinajstić information content (AvgIpc) is 3.99. The van der Waals surface area contributed by atoms with Crippen LogP contribution in [0, 0.1) is 0 Å². The number of amides is 5. The second-order valence-electron chi connectivity index (χ2n) is 13.7. The van der Waals surface area contributed by atoms with E-state index in [0.29, 0.717) is 28.9 Å². The molecule has 1 aliphatic rings. The highest BCUT2D eigenvalue weighted by molar-refractivity contribution is 5.96. The van der Waals surface area contributed by atoms with Gasteiger partial charge in [-0.2, -0.15) is 0 Å². The Balaban J connectivity index is 1.26. The van der Waals surface area contributed by atoms with Crippen LogP contribution in [0.1, 0.15) is 42.3 Å². The molecule has 3 heterocycles. The van der Waals surface area contributed by atoms with Crippen molar-refractivity contribution in [1.29, 1.82) is 0 Å². The number of carboxylic acid groups (broad SMARTS) is 1. The average molecular weight is 771 g/mol. The molecule has 5 amide bonds. The Hall–Kier alpha value is -6.56. The number of nitrogens with one attached hydrogen (secondary N) is 6. The Labute approximate surface area is 322 Å². The number of carbonyl (C=O) groups is 6. The first-order chi connectivity index (χ1) is 26.9. The lowest BCUT2D eigenvalue weighted by Gasteiger charge is -2.30. The first-order valence-electron chi connectivity index (χ1n) is 18.1. The summed E-state index contributed by atoms with van der Waals surface area (Å²) in [6.07, 6.45) is 6.76. The van der Waals surface area contributed by atoms with Gasteiger partial charge in [0.2, 0.25) is 29.5 Å². The van der Waals surface area contributed by atoms with Gasteiger partial charge < -0.3 is 52.1 Å². The number of phenols is 1. The largest absolute Gasteiger partial charge is 0.508 e. The summed E-state index contributed by atoms with van der Waals surface area (Å²) in [7, 11) is 0. The van der Waals surface area contributed by atoms with E-state index in [-0.39, 0.29) is 44.4 Å². The number of nitrogens with zero attached hydrogens (tertiary/aromatic N) is 3. The van der Waals surface area contributed by atoms with Crippen molar-refractivity contribution in [2.24, 2.45) is 5.73 Å². The number of likely N-dealkylation sites (tertiary alicyclic amines) is 1. The summed E-state index contributed by atoms with van der Waals surface area (Å²) >= 11 is 0. The zero-order valence-corrected chi connectivity index (χ0v) is 30.7. The minimum absolute atomic E-state index is 0.00357. The van der Waals surface area contributed by atoms with E-state index in [9.17, 15) is 39.0 Å². The van der Waals surface area contributed by atoms with Gasteiger partial charge in [-0.05, 0) is 43.0 Å². The third-order valence-electron chi connectivity index (χ3n) is 9.42. The predicted molar refractivity (Wildman–Crippen MR) is 200 cm³/mol. The summed E-state index contributed by atoms with van der Waals surface area (Å²) in [4.78, 5) is 95.2. The summed E-state index contributed by atoms with van der Waals surface area (Å²) in [5.41, 5.74) is 8.57. The highest BCUT2D eigenvalue weighted by Gasteiger charge is 2.39. The van der Waals surface area contributed by atoms with Crippen molar-refractivity contribution >= 4 is 35.5 Å². The molecule has 0 unspecified atom stereocenters. The topological polar surface area (TPSA) is 278 Å². The normalized spacial score (nSPS) is 16.5. The first kappa shape index (κ1) is 40.6. The van der Waals surface area contributed by atoms with Crippen LogP contribution in [0.25, 0.3) is 0 Å². The number of aromatic hydroxyl groups is 1. The number of hydrogen-bond donors (Lipinski definition) is 9. The molecule has 5 rings (SSSR count). The number of aromatic amines is 2. The maximum Gasteiger partial charge on any atom is 0.326 e. The number of phenolic OH excluding ortho intramolecular Hbond substituents is 1. The van der Waals surface area contributed by atoms with Crippen LogP contribution in [0.2, 0.25) is 0 Å². The lowest BCUT2D eigenvalue weighted by Crippen LogP contribution is -2.59. The molecule has 56 heavy (non-hydrogen) atoms. The molecule has 2 aromatic carbocycles. The highest BCUT2D eigenvalue weighted by atomic mass is 16.4. The van der Waals surface area contributed by atoms with Crippen molar-refractivity contribution in [2.45, 2.75) is 81.7 Å². The maximum absolute atomic E-state index is 14.1. The van der Waals surface area contributed by atoms with Crippen LogP contribution in [0.4, 0.5) is 0 Å². The van der Waals surface area contributed by atoms with Gasteiger partial charge in [-0.25, -0.2) is 14.8 Å². The Morgan fingerprint density at radius 3 is 2.00 bits per heavy atom. The molecule has 18 nitrogen and oxygen atoms in total. The molecule has 6 atom stereocenters. The van der Waals surface area contributed by atoms with Crippen LogP contribution in [0.15, 0.2) is 79.6 Å². The van der Waals surface area contributed by atoms with Crippen molar-refractivity contribution in [1.82, 2.24) is 46.1 Å². The zero-order chi connectivity index (χ0) is 40.2. The van der Waals surface area contributed by atoms with Crippen molar-refractivity contribution < 1.29 is 39.0 Å². The SMILES string of the molecule is C[C@H](NC(=O)[C@H](Cc1ccc(O)cc1)NC(=O)[C@@H](N)Cc1cnc[nH]1)C(=O)N[C@@H](Cc1cnc[nH]1)C(=O)N1CCC[C@H]1C(=O)N[C@@H](Cc1ccccc1)C(=O)O. The summed E-state index contributed by atoms with van der Waals surface area (Å²) in [6, 6.07) is 8.05. The van der Waals surface area contributed by atoms with Gasteiger partial charge in [-0.15, -0.1) is 0 Å². The molecule has 296 valence electrons. The van der Waals surface area contributed by atoms with Crippen LogP contribution >= 0.6 is 0 Å². The van der Waals surface area contributed by atoms with E-state index in [0.717, 1.165) is 0 Å². The number of carboxylic acids is 1. The van der Waals surface area contributed by atoms with Crippen molar-refractivity contribution in [3.63, 3.8) is 0 Å². The molecule has 4 aromatic rings. The van der Waals surface area contributed by atoms with Crippen LogP contribution in [0.5, 0.6) is 5.75 Å². The van der Waals surface area contributed by atoms with Crippen LogP contribution in [-0.2, 0) is 54.5 Å². The molecule has 1 fully saturated rings. The van der Waals surface area contributed by atoms with Crippen molar-refractivity contribution in [2.75, 3.05) is 6.54 Å². The third kappa shape index (κ3) is 11.2. The Kier molecular flexibility index (Phi) is 13.9. The van der Waals surface area contributed by atoms with E-state index in [2.05, 4.69) is 41.2 Å². The van der Waals surface area contributed by atoms with E-state index >= 15 is 0 Å². The highest BCUT2D eigenvalue weighted by Crippen LogP contribution is 2.20. The third-order valence-corrected chi connectivity index (χ3v) is 9.42. The number of carbonyl (C=O) groups excluding carboxylic acids is 5. The molecular formula is C38H46N10O8. The Morgan fingerprint density at radius 1 is 0.768 bits per heavy atom. The molecule has 10 N–H and O–H groups in total. The van der Waals surface area contributed by atoms with Gasteiger partial charge in [0.1, 0.15) is 36.0 Å². The molecule has 2 aromatic heterocycles. The standard InChI is InChI=1S/C38H46N10O8/c1-22(44-35(52)29(14-24-9-11-27(49)12-10-24)45-34(51)28(39)16-25-18-40-20-42-25)33(50)46-30(17-26-19-41-21-43-26)37(54)48-13-5-8-32(48)36(53)47-31(38(55)56)15-23-6-3-2-4-7-23/h2-4,6-7,9-12,18-22,28-32,49H,5,8,13-17,39H2,1H3,(H,40,42)(H,41,43)(H,44,52)(H,45,51)(H,46,50)(H,47,53)(H,55,56)/t22-,28-,29-,30-,31-,32-/m0/s1. The monoisotopic (exact) mass is 770 g/mol. The van der Waals surface area contributed by atoms with Crippen molar-refractivity contribution in [3.05, 3.63) is 102 Å². The van der Waals surface area contributed by atoms with Gasteiger partial charge in [-0.1, -0.05) is 42.5 Å². The molecule has 0 bridgehead atoms. The first-order valence-corrected chi connectivity index (χ1v) is 18.1. The predicted octanol–water partition coefficient (Wildman–Crippen LogP) is -0.529. The number of imidazole rings is 2.